The molecule has 1 aliphatic heterocycles. The first-order chi connectivity index (χ1) is 7.68. The molecule has 0 spiro atoms. The molecule has 0 aromatic heterocycles. The smallest absolute Gasteiger partial charge is 0.220 e. The van der Waals surface area contributed by atoms with E-state index in [0.717, 1.165) is 45.4 Å². The molecule has 4 nitrogen and oxygen atoms in total. The quantitative estimate of drug-likeness (QED) is 0.714. The molecule has 1 heterocycles. The van der Waals surface area contributed by atoms with E-state index in [-0.39, 0.29) is 11.9 Å². The number of nitrogens with one attached hydrogen (secondary N) is 1. The molecule has 0 aliphatic carbocycles. The molecule has 0 radical (unpaired) electrons. The van der Waals surface area contributed by atoms with Crippen LogP contribution in [0.3, 0.4) is 0 Å². The number of nitrogens with two attached hydrogens (primary N) is 1. The van der Waals surface area contributed by atoms with Crippen LogP contribution in [0, 0.1) is 5.92 Å². The molecule has 1 atom stereocenters. The third-order valence-electron chi connectivity index (χ3n) is 2.99. The Hall–Kier alpha value is -0.610. The van der Waals surface area contributed by atoms with Crippen molar-refractivity contribution in [2.24, 2.45) is 11.7 Å². The summed E-state index contributed by atoms with van der Waals surface area (Å²) in [6.45, 7) is 4.46. The fraction of sp³-hybridized carbons (Fsp3) is 0.917. The molecule has 1 rings (SSSR count). The normalized spacial score (nSPS) is 19.4. The molecule has 1 saturated heterocycles. The molecule has 1 unspecified atom stereocenters. The topological polar surface area (TPSA) is 64.4 Å². The second-order valence-electron chi connectivity index (χ2n) is 4.73. The molecule has 1 fully saturated rings. The van der Waals surface area contributed by atoms with Crippen molar-refractivity contribution in [1.82, 2.24) is 5.32 Å². The summed E-state index contributed by atoms with van der Waals surface area (Å²) in [6, 6.07) is 0.197. The van der Waals surface area contributed by atoms with Gasteiger partial charge in [-0.3, -0.25) is 4.79 Å². The summed E-state index contributed by atoms with van der Waals surface area (Å²) in [6.07, 6.45) is 4.55. The lowest BCUT2D eigenvalue weighted by Crippen LogP contribution is -2.32. The second-order valence-corrected chi connectivity index (χ2v) is 4.73. The van der Waals surface area contributed by atoms with Gasteiger partial charge in [-0.15, -0.1) is 0 Å². The number of hydrogen-bond acceptors (Lipinski definition) is 3. The number of carbonyl (C=O) groups is 1. The van der Waals surface area contributed by atoms with Crippen LogP contribution in [0.5, 0.6) is 0 Å². The first kappa shape index (κ1) is 13.5. The van der Waals surface area contributed by atoms with E-state index in [4.69, 9.17) is 10.5 Å². The zero-order chi connectivity index (χ0) is 11.8. The van der Waals surface area contributed by atoms with Crippen LogP contribution in [0.2, 0.25) is 0 Å². The van der Waals surface area contributed by atoms with Crippen molar-refractivity contribution in [3.8, 4) is 0 Å². The van der Waals surface area contributed by atoms with Gasteiger partial charge in [0, 0.05) is 32.2 Å². The average Bonchev–Trinajstić information content (AvgIpc) is 2.27. The molecule has 4 heteroatoms. The fourth-order valence-corrected chi connectivity index (χ4v) is 1.88. The van der Waals surface area contributed by atoms with Gasteiger partial charge in [-0.05, 0) is 38.5 Å². The van der Waals surface area contributed by atoms with Crippen LogP contribution in [-0.2, 0) is 9.53 Å². The number of rotatable bonds is 6. The third-order valence-corrected chi connectivity index (χ3v) is 2.99. The molecule has 0 aromatic carbocycles. The van der Waals surface area contributed by atoms with Crippen LogP contribution in [0.25, 0.3) is 0 Å². The highest BCUT2D eigenvalue weighted by Crippen LogP contribution is 2.13. The van der Waals surface area contributed by atoms with Crippen LogP contribution in [0.1, 0.15) is 39.0 Å². The fourth-order valence-electron chi connectivity index (χ4n) is 1.88. The Kier molecular flexibility index (Phi) is 6.42. The first-order valence-electron chi connectivity index (χ1n) is 6.28. The largest absolute Gasteiger partial charge is 0.381 e. The van der Waals surface area contributed by atoms with E-state index in [2.05, 4.69) is 5.32 Å². The van der Waals surface area contributed by atoms with E-state index in [1.807, 2.05) is 6.92 Å². The van der Waals surface area contributed by atoms with Gasteiger partial charge < -0.3 is 15.8 Å². The Morgan fingerprint density at radius 1 is 1.50 bits per heavy atom. The number of carbonyl (C=O) groups excluding carboxylic acids is 1. The van der Waals surface area contributed by atoms with E-state index in [1.165, 1.54) is 0 Å². The summed E-state index contributed by atoms with van der Waals surface area (Å²) in [4.78, 5) is 11.5. The zero-order valence-electron chi connectivity index (χ0n) is 10.2. The van der Waals surface area contributed by atoms with Crippen molar-refractivity contribution in [2.45, 2.75) is 45.1 Å². The lowest BCUT2D eigenvalue weighted by Gasteiger charge is -2.22. The SMILES string of the molecule is CC(N)CCCC(=O)NCC1CCOCC1. The van der Waals surface area contributed by atoms with Gasteiger partial charge in [0.2, 0.25) is 5.91 Å². The molecule has 16 heavy (non-hydrogen) atoms. The Morgan fingerprint density at radius 3 is 2.81 bits per heavy atom. The van der Waals surface area contributed by atoms with Crippen LogP contribution in [0.4, 0.5) is 0 Å². The Labute approximate surface area is 97.9 Å². The predicted molar refractivity (Wildman–Crippen MR) is 64.1 cm³/mol. The molecule has 0 bridgehead atoms. The van der Waals surface area contributed by atoms with Crippen molar-refractivity contribution < 1.29 is 9.53 Å². The van der Waals surface area contributed by atoms with Crippen molar-refractivity contribution in [1.29, 1.82) is 0 Å². The van der Waals surface area contributed by atoms with Gasteiger partial charge in [0.05, 0.1) is 0 Å². The maximum Gasteiger partial charge on any atom is 0.220 e. The summed E-state index contributed by atoms with van der Waals surface area (Å²) in [5, 5.41) is 2.99. The highest BCUT2D eigenvalue weighted by atomic mass is 16.5. The van der Waals surface area contributed by atoms with Crippen LogP contribution >= 0.6 is 0 Å². The molecule has 94 valence electrons. The summed E-state index contributed by atoms with van der Waals surface area (Å²) in [5.74, 6) is 0.762. The van der Waals surface area contributed by atoms with E-state index < -0.39 is 0 Å². The van der Waals surface area contributed by atoms with Gasteiger partial charge in [-0.25, -0.2) is 0 Å². The van der Waals surface area contributed by atoms with Gasteiger partial charge >= 0.3 is 0 Å². The Balaban J connectivity index is 2.00. The predicted octanol–water partition coefficient (Wildman–Crippen LogP) is 1.05. The summed E-state index contributed by atoms with van der Waals surface area (Å²) < 4.78 is 5.27. The van der Waals surface area contributed by atoms with Crippen molar-refractivity contribution in [2.75, 3.05) is 19.8 Å². The molecule has 0 aromatic rings. The molecular weight excluding hydrogens is 204 g/mol. The molecule has 3 N–H and O–H groups in total. The minimum atomic E-state index is 0.159. The highest BCUT2D eigenvalue weighted by Gasteiger charge is 2.14. The third kappa shape index (κ3) is 6.08. The number of ether oxygens (including phenoxy) is 1. The molecular formula is C12H24N2O2. The Morgan fingerprint density at radius 2 is 2.19 bits per heavy atom. The number of hydrogen-bond donors (Lipinski definition) is 2. The van der Waals surface area contributed by atoms with Gasteiger partial charge in [-0.2, -0.15) is 0 Å². The van der Waals surface area contributed by atoms with Crippen LogP contribution < -0.4 is 11.1 Å². The summed E-state index contributed by atoms with van der Waals surface area (Å²) >= 11 is 0. The average molecular weight is 228 g/mol. The standard InChI is InChI=1S/C12H24N2O2/c1-10(13)3-2-4-12(15)14-9-11-5-7-16-8-6-11/h10-11H,2-9,13H2,1H3,(H,14,15). The van der Waals surface area contributed by atoms with Crippen LogP contribution in [-0.4, -0.2) is 31.7 Å². The van der Waals surface area contributed by atoms with E-state index in [1.54, 1.807) is 0 Å². The minimum Gasteiger partial charge on any atom is -0.381 e. The lowest BCUT2D eigenvalue weighted by atomic mass is 10.0. The summed E-state index contributed by atoms with van der Waals surface area (Å²) in [7, 11) is 0. The van der Waals surface area contributed by atoms with E-state index in [0.29, 0.717) is 12.3 Å². The van der Waals surface area contributed by atoms with Crippen molar-refractivity contribution in [3.05, 3.63) is 0 Å². The van der Waals surface area contributed by atoms with Gasteiger partial charge in [-0.1, -0.05) is 0 Å². The van der Waals surface area contributed by atoms with Gasteiger partial charge in [0.15, 0.2) is 0 Å². The maximum atomic E-state index is 11.5. The van der Waals surface area contributed by atoms with E-state index in [9.17, 15) is 4.79 Å². The molecule has 0 saturated carbocycles. The first-order valence-corrected chi connectivity index (χ1v) is 6.28. The number of amides is 1. The minimum absolute atomic E-state index is 0.159. The van der Waals surface area contributed by atoms with Crippen molar-refractivity contribution in [3.63, 3.8) is 0 Å². The van der Waals surface area contributed by atoms with Crippen LogP contribution in [0.15, 0.2) is 0 Å². The van der Waals surface area contributed by atoms with Gasteiger partial charge in [0.25, 0.3) is 0 Å². The monoisotopic (exact) mass is 228 g/mol. The second kappa shape index (κ2) is 7.63. The maximum absolute atomic E-state index is 11.5. The molecule has 1 amide bonds. The Bertz CT molecular complexity index is 201. The van der Waals surface area contributed by atoms with Gasteiger partial charge in [0.1, 0.15) is 0 Å². The zero-order valence-corrected chi connectivity index (χ0v) is 10.2. The lowest BCUT2D eigenvalue weighted by molar-refractivity contribution is -0.121. The summed E-state index contributed by atoms with van der Waals surface area (Å²) in [5.41, 5.74) is 5.62. The van der Waals surface area contributed by atoms with E-state index >= 15 is 0 Å². The highest BCUT2D eigenvalue weighted by molar-refractivity contribution is 5.75. The molecule has 1 aliphatic rings. The van der Waals surface area contributed by atoms with Crippen molar-refractivity contribution >= 4 is 5.91 Å².